The number of hydrogen-bond donors (Lipinski definition) is 1. The highest BCUT2D eigenvalue weighted by molar-refractivity contribution is 5.85. The van der Waals surface area contributed by atoms with E-state index in [1.165, 1.54) is 13.2 Å². The minimum atomic E-state index is -0.372. The second-order valence-electron chi connectivity index (χ2n) is 5.62. The van der Waals surface area contributed by atoms with Crippen LogP contribution >= 0.6 is 0 Å². The van der Waals surface area contributed by atoms with Gasteiger partial charge in [0, 0.05) is 35.7 Å². The van der Waals surface area contributed by atoms with E-state index >= 15 is 0 Å². The Morgan fingerprint density at radius 2 is 1.79 bits per heavy atom. The summed E-state index contributed by atoms with van der Waals surface area (Å²) in [4.78, 5) is 22.7. The van der Waals surface area contributed by atoms with Gasteiger partial charge in [0.1, 0.15) is 5.75 Å². The van der Waals surface area contributed by atoms with Crippen LogP contribution in [0.3, 0.4) is 0 Å². The van der Waals surface area contributed by atoms with Crippen LogP contribution in [0.1, 0.15) is 30.5 Å². The number of rotatable bonds is 5. The number of benzene rings is 2. The minimum Gasteiger partial charge on any atom is -0.496 e. The standard InChI is InChI=1S/C17H16N2O3.C2H4O2.C2H6/c1-11-3-4-12(17(7-11)22-2)8-13-10-18-16-6-5-14(19(20)21)9-15(13)16;1-4-2-3;1-2/h3-7,9-10,18H,8H2,1-2H3;2H,1H3;1-2H3. The van der Waals surface area contributed by atoms with Crippen molar-refractivity contribution in [1.82, 2.24) is 4.98 Å². The van der Waals surface area contributed by atoms with Crippen molar-refractivity contribution in [3.8, 4) is 5.75 Å². The van der Waals surface area contributed by atoms with Crippen molar-refractivity contribution in [3.63, 3.8) is 0 Å². The average Bonchev–Trinajstić information content (AvgIpc) is 3.13. The number of carbonyl (C=O) groups is 1. The van der Waals surface area contributed by atoms with Gasteiger partial charge in [0.05, 0.1) is 19.1 Å². The maximum Gasteiger partial charge on any atom is 0.292 e. The van der Waals surface area contributed by atoms with Crippen molar-refractivity contribution in [2.24, 2.45) is 0 Å². The summed E-state index contributed by atoms with van der Waals surface area (Å²) in [6, 6.07) is 10.9. The lowest BCUT2D eigenvalue weighted by molar-refractivity contribution is -0.384. The van der Waals surface area contributed by atoms with E-state index < -0.39 is 0 Å². The second-order valence-corrected chi connectivity index (χ2v) is 5.62. The first-order chi connectivity index (χ1) is 13.5. The third kappa shape index (κ3) is 5.84. The Morgan fingerprint density at radius 3 is 2.36 bits per heavy atom. The Kier molecular flexibility index (Phi) is 9.22. The van der Waals surface area contributed by atoms with Crippen LogP contribution in [-0.2, 0) is 16.0 Å². The van der Waals surface area contributed by atoms with Gasteiger partial charge in [-0.15, -0.1) is 0 Å². The molecule has 0 bridgehead atoms. The lowest BCUT2D eigenvalue weighted by Gasteiger charge is -2.09. The minimum absolute atomic E-state index is 0.101. The first-order valence-corrected chi connectivity index (χ1v) is 8.84. The molecule has 7 heteroatoms. The number of nitro groups is 1. The summed E-state index contributed by atoms with van der Waals surface area (Å²) in [5, 5.41) is 11.8. The molecule has 0 aliphatic heterocycles. The lowest BCUT2D eigenvalue weighted by Crippen LogP contribution is -1.94. The fraction of sp³-hybridized carbons (Fsp3) is 0.286. The van der Waals surface area contributed by atoms with Crippen molar-refractivity contribution < 1.29 is 19.2 Å². The van der Waals surface area contributed by atoms with E-state index in [4.69, 9.17) is 9.53 Å². The maximum atomic E-state index is 10.9. The maximum absolute atomic E-state index is 10.9. The van der Waals surface area contributed by atoms with Crippen LogP contribution in [0.4, 0.5) is 5.69 Å². The van der Waals surface area contributed by atoms with E-state index in [0.29, 0.717) is 12.9 Å². The summed E-state index contributed by atoms with van der Waals surface area (Å²) in [6.45, 7) is 6.39. The highest BCUT2D eigenvalue weighted by Gasteiger charge is 2.12. The van der Waals surface area contributed by atoms with Gasteiger partial charge in [-0.3, -0.25) is 14.9 Å². The zero-order valence-corrected chi connectivity index (χ0v) is 16.8. The number of aryl methyl sites for hydroxylation is 1. The van der Waals surface area contributed by atoms with Crippen LogP contribution in [0.15, 0.2) is 42.6 Å². The summed E-state index contributed by atoms with van der Waals surface area (Å²) >= 11 is 0. The third-order valence-corrected chi connectivity index (χ3v) is 3.88. The molecule has 28 heavy (non-hydrogen) atoms. The van der Waals surface area contributed by atoms with Crippen molar-refractivity contribution >= 4 is 23.1 Å². The Morgan fingerprint density at radius 1 is 1.11 bits per heavy atom. The molecule has 1 heterocycles. The van der Waals surface area contributed by atoms with Crippen LogP contribution in [0.2, 0.25) is 0 Å². The number of aromatic amines is 1. The van der Waals surface area contributed by atoms with Crippen molar-refractivity contribution in [2.75, 3.05) is 14.2 Å². The normalized spacial score (nSPS) is 9.46. The quantitative estimate of drug-likeness (QED) is 0.386. The number of aromatic nitrogens is 1. The summed E-state index contributed by atoms with van der Waals surface area (Å²) in [5.74, 6) is 0.833. The van der Waals surface area contributed by atoms with Crippen LogP contribution in [-0.4, -0.2) is 30.6 Å². The van der Waals surface area contributed by atoms with Crippen molar-refractivity contribution in [3.05, 3.63) is 69.4 Å². The highest BCUT2D eigenvalue weighted by Crippen LogP contribution is 2.28. The van der Waals surface area contributed by atoms with E-state index in [0.717, 1.165) is 33.3 Å². The Balaban J connectivity index is 0.000000583. The molecular formula is C21H26N2O5. The lowest BCUT2D eigenvalue weighted by atomic mass is 10.0. The number of fused-ring (bicyclic) bond motifs is 1. The molecule has 1 N–H and O–H groups in total. The molecule has 3 aromatic rings. The van der Waals surface area contributed by atoms with Gasteiger partial charge in [-0.05, 0) is 35.7 Å². The Labute approximate surface area is 164 Å². The van der Waals surface area contributed by atoms with Crippen LogP contribution < -0.4 is 4.74 Å². The third-order valence-electron chi connectivity index (χ3n) is 3.88. The zero-order chi connectivity index (χ0) is 21.1. The van der Waals surface area contributed by atoms with Gasteiger partial charge >= 0.3 is 0 Å². The van der Waals surface area contributed by atoms with E-state index in [-0.39, 0.29) is 10.6 Å². The van der Waals surface area contributed by atoms with Gasteiger partial charge in [-0.2, -0.15) is 0 Å². The van der Waals surface area contributed by atoms with Crippen LogP contribution in [0.5, 0.6) is 5.75 Å². The topological polar surface area (TPSA) is 94.5 Å². The predicted molar refractivity (Wildman–Crippen MR) is 110 cm³/mol. The van der Waals surface area contributed by atoms with E-state index in [1.54, 1.807) is 19.2 Å². The molecule has 0 aliphatic carbocycles. The number of nitrogens with zero attached hydrogens (tertiary/aromatic N) is 1. The molecule has 0 radical (unpaired) electrons. The first-order valence-electron chi connectivity index (χ1n) is 8.84. The van der Waals surface area contributed by atoms with Crippen LogP contribution in [0.25, 0.3) is 10.9 Å². The molecule has 0 atom stereocenters. The molecular weight excluding hydrogens is 360 g/mol. The highest BCUT2D eigenvalue weighted by atomic mass is 16.6. The molecule has 0 aliphatic rings. The van der Waals surface area contributed by atoms with Gasteiger partial charge in [0.15, 0.2) is 0 Å². The second kappa shape index (κ2) is 11.4. The van der Waals surface area contributed by atoms with Gasteiger partial charge in [0.2, 0.25) is 0 Å². The summed E-state index contributed by atoms with van der Waals surface area (Å²) < 4.78 is 9.29. The molecule has 1 aromatic heterocycles. The van der Waals surface area contributed by atoms with Gasteiger partial charge < -0.3 is 14.5 Å². The molecule has 150 valence electrons. The molecule has 0 amide bonds. The van der Waals surface area contributed by atoms with Gasteiger partial charge in [0.25, 0.3) is 12.2 Å². The average molecular weight is 386 g/mol. The number of H-pyrrole nitrogens is 1. The molecule has 0 saturated carbocycles. The van der Waals surface area contributed by atoms with Gasteiger partial charge in [-0.1, -0.05) is 26.0 Å². The predicted octanol–water partition coefficient (Wildman–Crippen LogP) is 4.80. The summed E-state index contributed by atoms with van der Waals surface area (Å²) in [7, 11) is 2.96. The molecule has 0 unspecified atom stereocenters. The largest absolute Gasteiger partial charge is 0.496 e. The zero-order valence-electron chi connectivity index (χ0n) is 16.8. The first kappa shape index (κ1) is 22.7. The van der Waals surface area contributed by atoms with E-state index in [2.05, 4.69) is 9.72 Å². The van der Waals surface area contributed by atoms with Crippen molar-refractivity contribution in [1.29, 1.82) is 0 Å². The Hall–Kier alpha value is -3.35. The summed E-state index contributed by atoms with van der Waals surface area (Å²) in [6.07, 6.45) is 2.55. The van der Waals surface area contributed by atoms with Crippen molar-refractivity contribution in [2.45, 2.75) is 27.2 Å². The van der Waals surface area contributed by atoms with E-state index in [1.807, 2.05) is 45.2 Å². The monoisotopic (exact) mass is 386 g/mol. The summed E-state index contributed by atoms with van der Waals surface area (Å²) in [5.41, 5.74) is 4.20. The smallest absolute Gasteiger partial charge is 0.292 e. The molecule has 7 nitrogen and oxygen atoms in total. The number of hydrogen-bond acceptors (Lipinski definition) is 5. The molecule has 3 rings (SSSR count). The molecule has 0 saturated heterocycles. The molecule has 0 fully saturated rings. The molecule has 0 spiro atoms. The number of methoxy groups -OCH3 is 2. The number of non-ortho nitro benzene ring substituents is 1. The Bertz CT molecular complexity index is 918. The van der Waals surface area contributed by atoms with Crippen LogP contribution in [0, 0.1) is 17.0 Å². The SMILES string of the molecule is CC.COC=O.COc1cc(C)ccc1Cc1c[nH]c2ccc([N+](=O)[O-])cc12. The fourth-order valence-corrected chi connectivity index (χ4v) is 2.63. The number of nitrogens with one attached hydrogen (secondary N) is 1. The number of carbonyl (C=O) groups excluding carboxylic acids is 1. The van der Waals surface area contributed by atoms with E-state index in [9.17, 15) is 10.1 Å². The molecule has 2 aromatic carbocycles. The number of nitro benzene ring substituents is 1. The number of ether oxygens (including phenoxy) is 2. The van der Waals surface area contributed by atoms with Gasteiger partial charge in [-0.25, -0.2) is 0 Å². The fourth-order valence-electron chi connectivity index (χ4n) is 2.63.